The Morgan fingerprint density at radius 2 is 1.39 bits per heavy atom. The smallest absolute Gasteiger partial charge is 0.311 e. The summed E-state index contributed by atoms with van der Waals surface area (Å²) in [7, 11) is 0. The summed E-state index contributed by atoms with van der Waals surface area (Å²) in [4.78, 5) is 39.2. The zero-order valence-corrected chi connectivity index (χ0v) is 22.8. The lowest BCUT2D eigenvalue weighted by atomic mass is 10.1. The first-order chi connectivity index (χ1) is 19.8. The molecule has 4 aromatic carbocycles. The first-order valence-electron chi connectivity index (χ1n) is 13.3. The summed E-state index contributed by atoms with van der Waals surface area (Å²) >= 11 is 0. The van der Waals surface area contributed by atoms with Crippen LogP contribution in [0.1, 0.15) is 17.5 Å². The van der Waals surface area contributed by atoms with E-state index in [1.165, 1.54) is 5.56 Å². The van der Waals surface area contributed by atoms with Crippen LogP contribution < -0.4 is 19.7 Å². The Labute approximate surface area is 238 Å². The van der Waals surface area contributed by atoms with Gasteiger partial charge in [-0.1, -0.05) is 24.3 Å². The number of rotatable bonds is 9. The maximum absolute atomic E-state index is 12.7. The highest BCUT2D eigenvalue weighted by Crippen LogP contribution is 2.30. The van der Waals surface area contributed by atoms with Crippen molar-refractivity contribution in [3.63, 3.8) is 0 Å². The predicted molar refractivity (Wildman–Crippen MR) is 155 cm³/mol. The van der Waals surface area contributed by atoms with Crippen molar-refractivity contribution in [3.05, 3.63) is 108 Å². The van der Waals surface area contributed by atoms with Crippen molar-refractivity contribution >= 4 is 29.2 Å². The monoisotopic (exact) mass is 550 g/mol. The molecule has 8 heteroatoms. The van der Waals surface area contributed by atoms with Gasteiger partial charge < -0.3 is 24.4 Å². The standard InChI is InChI=1S/C33H30N2O6/c1-22-8-13-30(18-23(22)2)41-29-16-11-26(12-17-29)35-20-24(19-32(35)37)33(38)39-21-31(36)34-25-9-14-28(15-10-25)40-27-6-4-3-5-7-27/h3-18,24H,19-21H2,1-2H3,(H,34,36)/t24-/m1/s1. The van der Waals surface area contributed by atoms with Gasteiger partial charge in [0.2, 0.25) is 5.91 Å². The molecule has 208 valence electrons. The van der Waals surface area contributed by atoms with Crippen LogP contribution in [0.5, 0.6) is 23.0 Å². The first-order valence-corrected chi connectivity index (χ1v) is 13.3. The molecular formula is C33H30N2O6. The summed E-state index contributed by atoms with van der Waals surface area (Å²) in [5.74, 6) is 0.808. The van der Waals surface area contributed by atoms with Gasteiger partial charge in [0, 0.05) is 24.3 Å². The molecule has 8 nitrogen and oxygen atoms in total. The van der Waals surface area contributed by atoms with Gasteiger partial charge >= 0.3 is 5.97 Å². The number of esters is 1. The minimum absolute atomic E-state index is 0.0181. The molecule has 0 radical (unpaired) electrons. The fourth-order valence-corrected chi connectivity index (χ4v) is 4.41. The van der Waals surface area contributed by atoms with E-state index in [4.69, 9.17) is 14.2 Å². The van der Waals surface area contributed by atoms with Gasteiger partial charge in [0.05, 0.1) is 5.92 Å². The molecule has 0 saturated carbocycles. The zero-order valence-electron chi connectivity index (χ0n) is 22.8. The van der Waals surface area contributed by atoms with Crippen molar-refractivity contribution in [2.75, 3.05) is 23.4 Å². The second kappa shape index (κ2) is 12.4. The van der Waals surface area contributed by atoms with Crippen molar-refractivity contribution < 1.29 is 28.6 Å². The third-order valence-corrected chi connectivity index (χ3v) is 6.78. The van der Waals surface area contributed by atoms with E-state index >= 15 is 0 Å². The van der Waals surface area contributed by atoms with E-state index < -0.39 is 24.4 Å². The molecule has 1 N–H and O–H groups in total. The molecule has 2 amide bonds. The number of carbonyl (C=O) groups is 3. The number of nitrogens with zero attached hydrogens (tertiary/aromatic N) is 1. The molecule has 5 rings (SSSR count). The molecule has 1 aliphatic heterocycles. The topological polar surface area (TPSA) is 94.2 Å². The molecule has 0 aromatic heterocycles. The van der Waals surface area contributed by atoms with E-state index in [-0.39, 0.29) is 18.9 Å². The molecule has 0 unspecified atom stereocenters. The maximum Gasteiger partial charge on any atom is 0.311 e. The Hall–Kier alpha value is -5.11. The SMILES string of the molecule is Cc1ccc(Oc2ccc(N3C[C@H](C(=O)OCC(=O)Nc4ccc(Oc5ccccc5)cc4)CC3=O)cc2)cc1C. The Morgan fingerprint density at radius 3 is 2.07 bits per heavy atom. The summed E-state index contributed by atoms with van der Waals surface area (Å²) in [5.41, 5.74) is 3.53. The molecule has 4 aromatic rings. The summed E-state index contributed by atoms with van der Waals surface area (Å²) in [6.45, 7) is 3.80. The van der Waals surface area contributed by atoms with Crippen molar-refractivity contribution in [1.29, 1.82) is 0 Å². The molecule has 1 fully saturated rings. The van der Waals surface area contributed by atoms with Crippen molar-refractivity contribution in [3.8, 4) is 23.0 Å². The van der Waals surface area contributed by atoms with Crippen molar-refractivity contribution in [2.24, 2.45) is 5.92 Å². The van der Waals surface area contributed by atoms with Gasteiger partial charge in [-0.2, -0.15) is 0 Å². The van der Waals surface area contributed by atoms with Gasteiger partial charge in [-0.05, 0) is 97.8 Å². The average molecular weight is 551 g/mol. The van der Waals surface area contributed by atoms with Gasteiger partial charge in [-0.25, -0.2) is 0 Å². The van der Waals surface area contributed by atoms with E-state index in [9.17, 15) is 14.4 Å². The molecule has 1 saturated heterocycles. The van der Waals surface area contributed by atoms with Crippen LogP contribution in [0.15, 0.2) is 97.1 Å². The molecule has 41 heavy (non-hydrogen) atoms. The highest BCUT2D eigenvalue weighted by molar-refractivity contribution is 6.00. The van der Waals surface area contributed by atoms with Crippen LogP contribution in [0, 0.1) is 19.8 Å². The Bertz CT molecular complexity index is 1530. The first kappa shape index (κ1) is 27.5. The van der Waals surface area contributed by atoms with E-state index in [2.05, 4.69) is 5.32 Å². The number of aryl methyl sites for hydroxylation is 2. The largest absolute Gasteiger partial charge is 0.457 e. The van der Waals surface area contributed by atoms with E-state index in [0.717, 1.165) is 11.3 Å². The van der Waals surface area contributed by atoms with E-state index in [0.29, 0.717) is 28.6 Å². The predicted octanol–water partition coefficient (Wildman–Crippen LogP) is 6.42. The Balaban J connectivity index is 1.09. The summed E-state index contributed by atoms with van der Waals surface area (Å²) in [6, 6.07) is 29.2. The number of ether oxygens (including phenoxy) is 3. The quantitative estimate of drug-likeness (QED) is 0.242. The fourth-order valence-electron chi connectivity index (χ4n) is 4.41. The third-order valence-electron chi connectivity index (χ3n) is 6.78. The third kappa shape index (κ3) is 7.10. The second-order valence-electron chi connectivity index (χ2n) is 9.84. The van der Waals surface area contributed by atoms with Crippen LogP contribution in [-0.2, 0) is 19.1 Å². The fraction of sp³-hybridized carbons (Fsp3) is 0.182. The van der Waals surface area contributed by atoms with E-state index in [1.807, 2.05) is 62.4 Å². The van der Waals surface area contributed by atoms with E-state index in [1.54, 1.807) is 53.4 Å². The normalized spacial score (nSPS) is 14.4. The molecule has 0 aliphatic carbocycles. The number of carbonyl (C=O) groups excluding carboxylic acids is 3. The lowest BCUT2D eigenvalue weighted by Gasteiger charge is -2.17. The van der Waals surface area contributed by atoms with Crippen LogP contribution in [0.4, 0.5) is 11.4 Å². The zero-order chi connectivity index (χ0) is 28.8. The van der Waals surface area contributed by atoms with Gasteiger partial charge in [-0.3, -0.25) is 14.4 Å². The van der Waals surface area contributed by atoms with Crippen LogP contribution in [0.25, 0.3) is 0 Å². The molecule has 0 bridgehead atoms. The summed E-state index contributed by atoms with van der Waals surface area (Å²) < 4.78 is 16.9. The summed E-state index contributed by atoms with van der Waals surface area (Å²) in [6.07, 6.45) is 0.0181. The maximum atomic E-state index is 12.7. The molecule has 1 aliphatic rings. The Morgan fingerprint density at radius 1 is 0.780 bits per heavy atom. The van der Waals surface area contributed by atoms with Crippen LogP contribution in [-0.4, -0.2) is 30.9 Å². The molecule has 0 spiro atoms. The lowest BCUT2D eigenvalue weighted by Crippen LogP contribution is -2.28. The number of benzene rings is 4. The highest BCUT2D eigenvalue weighted by Gasteiger charge is 2.36. The van der Waals surface area contributed by atoms with Crippen molar-refractivity contribution in [1.82, 2.24) is 0 Å². The molecular weight excluding hydrogens is 520 g/mol. The number of nitrogens with one attached hydrogen (secondary N) is 1. The second-order valence-corrected chi connectivity index (χ2v) is 9.84. The number of amides is 2. The minimum atomic E-state index is -0.656. The van der Waals surface area contributed by atoms with Gasteiger partial charge in [0.25, 0.3) is 5.91 Å². The summed E-state index contributed by atoms with van der Waals surface area (Å²) in [5, 5.41) is 2.69. The Kier molecular flexibility index (Phi) is 8.29. The molecule has 1 atom stereocenters. The number of hydrogen-bond donors (Lipinski definition) is 1. The van der Waals surface area contributed by atoms with Crippen LogP contribution in [0.3, 0.4) is 0 Å². The van der Waals surface area contributed by atoms with Crippen molar-refractivity contribution in [2.45, 2.75) is 20.3 Å². The van der Waals surface area contributed by atoms with Gasteiger partial charge in [0.15, 0.2) is 6.61 Å². The highest BCUT2D eigenvalue weighted by atomic mass is 16.5. The minimum Gasteiger partial charge on any atom is -0.457 e. The lowest BCUT2D eigenvalue weighted by molar-refractivity contribution is -0.151. The molecule has 1 heterocycles. The number of para-hydroxylation sites is 1. The number of anilines is 2. The van der Waals surface area contributed by atoms with Gasteiger partial charge in [-0.15, -0.1) is 0 Å². The van der Waals surface area contributed by atoms with Gasteiger partial charge in [0.1, 0.15) is 23.0 Å². The van der Waals surface area contributed by atoms with Crippen LogP contribution >= 0.6 is 0 Å². The number of hydrogen-bond acceptors (Lipinski definition) is 6. The van der Waals surface area contributed by atoms with Crippen LogP contribution in [0.2, 0.25) is 0 Å². The average Bonchev–Trinajstić information content (AvgIpc) is 3.37.